The monoisotopic (exact) mass is 376 g/mol. The highest BCUT2D eigenvalue weighted by molar-refractivity contribution is 5.87. The van der Waals surface area contributed by atoms with E-state index in [9.17, 15) is 9.59 Å². The molecule has 1 unspecified atom stereocenters. The standard InChI is InChI=1S/C23H40N2O2/c1-21(2,3)19(26)18-10-15-25(23(16-18)11-7-12-23)20(27)17-8-13-24(14-9-17)22(4,5)6/h17-18H,7-16H2,1-6H3. The molecule has 3 aliphatic rings. The molecule has 0 bridgehead atoms. The summed E-state index contributed by atoms with van der Waals surface area (Å²) in [5.74, 6) is 1.08. The molecule has 0 N–H and O–H groups in total. The number of ketones is 1. The second-order valence-corrected chi connectivity index (χ2v) is 11.3. The molecule has 0 aromatic rings. The summed E-state index contributed by atoms with van der Waals surface area (Å²) in [4.78, 5) is 31.0. The van der Waals surface area contributed by atoms with Crippen molar-refractivity contribution in [2.24, 2.45) is 17.3 Å². The van der Waals surface area contributed by atoms with Crippen LogP contribution in [0.2, 0.25) is 0 Å². The summed E-state index contributed by atoms with van der Waals surface area (Å²) in [7, 11) is 0. The molecule has 3 fully saturated rings. The SMILES string of the molecule is CC(C)(C)C(=O)C1CCN(C(=O)C2CCN(C(C)(C)C)CC2)C2(CCC2)C1. The Balaban J connectivity index is 1.65. The Morgan fingerprint density at radius 3 is 1.85 bits per heavy atom. The van der Waals surface area contributed by atoms with Gasteiger partial charge in [0.25, 0.3) is 0 Å². The summed E-state index contributed by atoms with van der Waals surface area (Å²) in [6.07, 6.45) is 7.09. The molecule has 0 aromatic heterocycles. The maximum atomic E-state index is 13.4. The number of hydrogen-bond acceptors (Lipinski definition) is 3. The number of carbonyl (C=O) groups is 2. The topological polar surface area (TPSA) is 40.6 Å². The molecule has 4 heteroatoms. The van der Waals surface area contributed by atoms with E-state index in [1.807, 2.05) is 20.8 Å². The fourth-order valence-electron chi connectivity index (χ4n) is 5.45. The van der Waals surface area contributed by atoms with E-state index in [4.69, 9.17) is 0 Å². The normalized spacial score (nSPS) is 27.5. The predicted octanol–water partition coefficient (Wildman–Crippen LogP) is 4.27. The molecule has 154 valence electrons. The lowest BCUT2D eigenvalue weighted by Crippen LogP contribution is -2.63. The van der Waals surface area contributed by atoms with Crippen LogP contribution in [0.1, 0.15) is 86.5 Å². The molecule has 1 saturated carbocycles. The third kappa shape index (κ3) is 4.11. The first kappa shape index (κ1) is 20.8. The molecule has 1 amide bonds. The molecule has 2 saturated heterocycles. The molecular formula is C23H40N2O2. The second-order valence-electron chi connectivity index (χ2n) is 11.3. The van der Waals surface area contributed by atoms with Gasteiger partial charge in [-0.2, -0.15) is 0 Å². The van der Waals surface area contributed by atoms with Crippen LogP contribution >= 0.6 is 0 Å². The van der Waals surface area contributed by atoms with E-state index in [0.717, 1.165) is 58.2 Å². The van der Waals surface area contributed by atoms with Gasteiger partial charge < -0.3 is 4.90 Å². The second kappa shape index (κ2) is 7.17. The van der Waals surface area contributed by atoms with Gasteiger partial charge in [0.1, 0.15) is 5.78 Å². The van der Waals surface area contributed by atoms with Crippen molar-refractivity contribution in [3.63, 3.8) is 0 Å². The van der Waals surface area contributed by atoms with E-state index in [-0.39, 0.29) is 28.3 Å². The zero-order chi connectivity index (χ0) is 20.0. The number of carbonyl (C=O) groups excluding carboxylic acids is 2. The predicted molar refractivity (Wildman–Crippen MR) is 110 cm³/mol. The summed E-state index contributed by atoms with van der Waals surface area (Å²) in [5.41, 5.74) is -0.0987. The summed E-state index contributed by atoms with van der Waals surface area (Å²) >= 11 is 0. The first-order valence-electron chi connectivity index (χ1n) is 11.0. The minimum Gasteiger partial charge on any atom is -0.337 e. The van der Waals surface area contributed by atoms with Crippen LogP contribution in [0.5, 0.6) is 0 Å². The Hall–Kier alpha value is -0.900. The van der Waals surface area contributed by atoms with Gasteiger partial charge in [0.15, 0.2) is 0 Å². The number of nitrogens with zero attached hydrogens (tertiary/aromatic N) is 2. The van der Waals surface area contributed by atoms with E-state index < -0.39 is 0 Å². The van der Waals surface area contributed by atoms with E-state index in [2.05, 4.69) is 30.6 Å². The van der Waals surface area contributed by atoms with Gasteiger partial charge in [-0.15, -0.1) is 0 Å². The lowest BCUT2D eigenvalue weighted by Gasteiger charge is -2.56. The highest BCUT2D eigenvalue weighted by Crippen LogP contribution is 2.48. The molecule has 0 aromatic carbocycles. The molecule has 1 aliphatic carbocycles. The molecule has 2 heterocycles. The number of likely N-dealkylation sites (tertiary alicyclic amines) is 2. The molecule has 1 atom stereocenters. The van der Waals surface area contributed by atoms with Crippen LogP contribution in [0.15, 0.2) is 0 Å². The molecule has 2 aliphatic heterocycles. The van der Waals surface area contributed by atoms with Crippen LogP contribution in [0, 0.1) is 17.3 Å². The highest BCUT2D eigenvalue weighted by Gasteiger charge is 2.51. The molecule has 1 spiro atoms. The number of hydrogen-bond donors (Lipinski definition) is 0. The third-order valence-corrected chi connectivity index (χ3v) is 7.35. The zero-order valence-electron chi connectivity index (χ0n) is 18.4. The van der Waals surface area contributed by atoms with Crippen LogP contribution in [0.3, 0.4) is 0 Å². The van der Waals surface area contributed by atoms with E-state index >= 15 is 0 Å². The molecule has 3 rings (SSSR count). The van der Waals surface area contributed by atoms with Crippen LogP contribution in [-0.2, 0) is 9.59 Å². The van der Waals surface area contributed by atoms with Crippen LogP contribution < -0.4 is 0 Å². The van der Waals surface area contributed by atoms with Crippen LogP contribution in [0.25, 0.3) is 0 Å². The van der Waals surface area contributed by atoms with Crippen molar-refractivity contribution in [3.05, 3.63) is 0 Å². The fraction of sp³-hybridized carbons (Fsp3) is 0.913. The van der Waals surface area contributed by atoms with Crippen molar-refractivity contribution in [2.45, 2.75) is 97.6 Å². The number of piperidine rings is 2. The van der Waals surface area contributed by atoms with Crippen molar-refractivity contribution >= 4 is 11.7 Å². The Labute approximate surface area is 166 Å². The van der Waals surface area contributed by atoms with Gasteiger partial charge in [-0.1, -0.05) is 20.8 Å². The summed E-state index contributed by atoms with van der Waals surface area (Å²) in [6.45, 7) is 15.7. The van der Waals surface area contributed by atoms with Gasteiger partial charge in [-0.25, -0.2) is 0 Å². The Morgan fingerprint density at radius 1 is 0.852 bits per heavy atom. The zero-order valence-corrected chi connectivity index (χ0v) is 18.4. The first-order valence-corrected chi connectivity index (χ1v) is 11.0. The Bertz CT molecular complexity index is 572. The Kier molecular flexibility index (Phi) is 5.53. The Morgan fingerprint density at radius 2 is 1.41 bits per heavy atom. The van der Waals surface area contributed by atoms with Crippen molar-refractivity contribution in [3.8, 4) is 0 Å². The van der Waals surface area contributed by atoms with Crippen LogP contribution in [-0.4, -0.2) is 52.2 Å². The first-order chi connectivity index (χ1) is 12.4. The largest absolute Gasteiger partial charge is 0.337 e. The smallest absolute Gasteiger partial charge is 0.226 e. The average Bonchev–Trinajstić information content (AvgIpc) is 2.57. The van der Waals surface area contributed by atoms with E-state index in [0.29, 0.717) is 11.7 Å². The fourth-order valence-corrected chi connectivity index (χ4v) is 5.45. The summed E-state index contributed by atoms with van der Waals surface area (Å²) in [6, 6.07) is 0. The lowest BCUT2D eigenvalue weighted by atomic mass is 9.64. The molecule has 4 nitrogen and oxygen atoms in total. The molecule has 0 radical (unpaired) electrons. The van der Waals surface area contributed by atoms with Gasteiger partial charge in [-0.3, -0.25) is 14.5 Å². The third-order valence-electron chi connectivity index (χ3n) is 7.35. The lowest BCUT2D eigenvalue weighted by molar-refractivity contribution is -0.157. The average molecular weight is 377 g/mol. The van der Waals surface area contributed by atoms with Gasteiger partial charge in [0.2, 0.25) is 5.91 Å². The maximum Gasteiger partial charge on any atom is 0.226 e. The van der Waals surface area contributed by atoms with Crippen molar-refractivity contribution < 1.29 is 9.59 Å². The minimum atomic E-state index is -0.276. The van der Waals surface area contributed by atoms with Gasteiger partial charge in [0.05, 0.1) is 0 Å². The minimum absolute atomic E-state index is 0.0118. The molecule has 27 heavy (non-hydrogen) atoms. The van der Waals surface area contributed by atoms with Gasteiger partial charge in [0, 0.05) is 34.9 Å². The van der Waals surface area contributed by atoms with Crippen molar-refractivity contribution in [1.82, 2.24) is 9.80 Å². The summed E-state index contributed by atoms with van der Waals surface area (Å²) in [5, 5.41) is 0. The van der Waals surface area contributed by atoms with Crippen LogP contribution in [0.4, 0.5) is 0 Å². The van der Waals surface area contributed by atoms with E-state index in [1.54, 1.807) is 0 Å². The number of Topliss-reactive ketones (excluding diaryl/α,β-unsaturated/α-hetero) is 1. The maximum absolute atomic E-state index is 13.4. The van der Waals surface area contributed by atoms with Crippen molar-refractivity contribution in [2.75, 3.05) is 19.6 Å². The van der Waals surface area contributed by atoms with Gasteiger partial charge >= 0.3 is 0 Å². The molecular weight excluding hydrogens is 336 g/mol. The quantitative estimate of drug-likeness (QED) is 0.722. The number of rotatable bonds is 2. The van der Waals surface area contributed by atoms with Gasteiger partial charge in [-0.05, 0) is 78.8 Å². The number of amides is 1. The van der Waals surface area contributed by atoms with Crippen molar-refractivity contribution in [1.29, 1.82) is 0 Å². The van der Waals surface area contributed by atoms with E-state index in [1.165, 1.54) is 6.42 Å². The highest BCUT2D eigenvalue weighted by atomic mass is 16.2. The summed E-state index contributed by atoms with van der Waals surface area (Å²) < 4.78 is 0.